The molecule has 0 rings (SSSR count). The summed E-state index contributed by atoms with van der Waals surface area (Å²) in [5, 5.41) is 14.8. The zero-order chi connectivity index (χ0) is 7.28. The molecule has 9 heavy (non-hydrogen) atoms. The first kappa shape index (κ1) is 8.88. The van der Waals surface area contributed by atoms with Crippen LogP contribution in [-0.4, -0.2) is 24.5 Å². The van der Waals surface area contributed by atoms with Crippen molar-refractivity contribution in [3.63, 3.8) is 0 Å². The lowest BCUT2D eigenvalue weighted by molar-refractivity contribution is 0.133. The second kappa shape index (κ2) is 4.73. The Balaban J connectivity index is 3.31. The lowest BCUT2D eigenvalue weighted by atomic mass is 10.3. The standard InChI is InChI=1S/C6H16N2O/c1-4-6(7-3)8-5(2)9/h5-9H,4H2,1-3H3. The molecule has 0 aromatic rings. The third-order valence-electron chi connectivity index (χ3n) is 1.20. The van der Waals surface area contributed by atoms with Gasteiger partial charge in [-0.15, -0.1) is 0 Å². The molecule has 0 fully saturated rings. The number of hydrogen-bond donors (Lipinski definition) is 3. The molecule has 0 spiro atoms. The third kappa shape index (κ3) is 4.39. The van der Waals surface area contributed by atoms with Crippen LogP contribution in [0.5, 0.6) is 0 Å². The number of aliphatic hydroxyl groups is 1. The Hall–Kier alpha value is -0.120. The first-order valence-electron chi connectivity index (χ1n) is 3.32. The fourth-order valence-corrected chi connectivity index (χ4v) is 0.696. The molecule has 3 nitrogen and oxygen atoms in total. The molecule has 2 unspecified atom stereocenters. The van der Waals surface area contributed by atoms with Crippen molar-refractivity contribution < 1.29 is 5.11 Å². The van der Waals surface area contributed by atoms with E-state index in [0.717, 1.165) is 6.42 Å². The second-order valence-corrected chi connectivity index (χ2v) is 2.09. The van der Waals surface area contributed by atoms with E-state index in [1.807, 2.05) is 7.05 Å². The van der Waals surface area contributed by atoms with E-state index in [1.54, 1.807) is 6.92 Å². The molecule has 3 N–H and O–H groups in total. The maximum atomic E-state index is 8.83. The maximum Gasteiger partial charge on any atom is 0.103 e. The Morgan fingerprint density at radius 1 is 1.56 bits per heavy atom. The van der Waals surface area contributed by atoms with E-state index in [0.29, 0.717) is 0 Å². The summed E-state index contributed by atoms with van der Waals surface area (Å²) >= 11 is 0. The minimum absolute atomic E-state index is 0.227. The number of nitrogens with one attached hydrogen (secondary N) is 2. The van der Waals surface area contributed by atoms with Gasteiger partial charge in [0.1, 0.15) is 6.23 Å². The van der Waals surface area contributed by atoms with Crippen molar-refractivity contribution in [2.45, 2.75) is 32.7 Å². The Kier molecular flexibility index (Phi) is 4.67. The van der Waals surface area contributed by atoms with E-state index in [4.69, 9.17) is 5.11 Å². The number of aliphatic hydroxyl groups excluding tert-OH is 1. The topological polar surface area (TPSA) is 44.3 Å². The normalized spacial score (nSPS) is 17.3. The highest BCUT2D eigenvalue weighted by atomic mass is 16.3. The van der Waals surface area contributed by atoms with Crippen LogP contribution in [-0.2, 0) is 0 Å². The van der Waals surface area contributed by atoms with Gasteiger partial charge in [0.05, 0.1) is 6.17 Å². The van der Waals surface area contributed by atoms with Crippen molar-refractivity contribution in [3.8, 4) is 0 Å². The molecule has 0 aromatic heterocycles. The zero-order valence-corrected chi connectivity index (χ0v) is 6.31. The van der Waals surface area contributed by atoms with Crippen molar-refractivity contribution in [2.75, 3.05) is 7.05 Å². The highest BCUT2D eigenvalue weighted by molar-refractivity contribution is 4.58. The van der Waals surface area contributed by atoms with Crippen LogP contribution in [0.15, 0.2) is 0 Å². The molecule has 0 aromatic carbocycles. The highest BCUT2D eigenvalue weighted by Gasteiger charge is 2.02. The van der Waals surface area contributed by atoms with Crippen LogP contribution in [0.3, 0.4) is 0 Å². The number of rotatable bonds is 4. The van der Waals surface area contributed by atoms with Crippen molar-refractivity contribution in [1.82, 2.24) is 10.6 Å². The maximum absolute atomic E-state index is 8.83. The van der Waals surface area contributed by atoms with Crippen molar-refractivity contribution in [3.05, 3.63) is 0 Å². The van der Waals surface area contributed by atoms with Crippen molar-refractivity contribution in [2.24, 2.45) is 0 Å². The first-order chi connectivity index (χ1) is 4.20. The van der Waals surface area contributed by atoms with E-state index in [2.05, 4.69) is 17.6 Å². The van der Waals surface area contributed by atoms with Gasteiger partial charge in [-0.2, -0.15) is 0 Å². The summed E-state index contributed by atoms with van der Waals surface area (Å²) in [6, 6.07) is 0. The lowest BCUT2D eigenvalue weighted by Gasteiger charge is -2.17. The Morgan fingerprint density at radius 2 is 2.11 bits per heavy atom. The van der Waals surface area contributed by atoms with Crippen LogP contribution in [0.4, 0.5) is 0 Å². The summed E-state index contributed by atoms with van der Waals surface area (Å²) in [4.78, 5) is 0. The van der Waals surface area contributed by atoms with Crippen LogP contribution in [0.2, 0.25) is 0 Å². The van der Waals surface area contributed by atoms with Gasteiger partial charge in [0.25, 0.3) is 0 Å². The van der Waals surface area contributed by atoms with Gasteiger partial charge in [-0.05, 0) is 20.4 Å². The molecule has 0 heterocycles. The van der Waals surface area contributed by atoms with Crippen LogP contribution >= 0.6 is 0 Å². The van der Waals surface area contributed by atoms with Gasteiger partial charge in [-0.1, -0.05) is 6.92 Å². The zero-order valence-electron chi connectivity index (χ0n) is 6.31. The van der Waals surface area contributed by atoms with Gasteiger partial charge < -0.3 is 10.4 Å². The van der Waals surface area contributed by atoms with Crippen LogP contribution in [0, 0.1) is 0 Å². The molecule has 0 saturated heterocycles. The second-order valence-electron chi connectivity index (χ2n) is 2.09. The molecular weight excluding hydrogens is 116 g/mol. The largest absolute Gasteiger partial charge is 0.379 e. The Morgan fingerprint density at radius 3 is 2.22 bits per heavy atom. The fraction of sp³-hybridized carbons (Fsp3) is 1.00. The van der Waals surface area contributed by atoms with Crippen LogP contribution < -0.4 is 10.6 Å². The minimum atomic E-state index is -0.428. The molecule has 0 bridgehead atoms. The fourth-order valence-electron chi connectivity index (χ4n) is 0.696. The van der Waals surface area contributed by atoms with Crippen LogP contribution in [0.25, 0.3) is 0 Å². The third-order valence-corrected chi connectivity index (χ3v) is 1.20. The molecule has 0 saturated carbocycles. The molecule has 0 aliphatic carbocycles. The summed E-state index contributed by atoms with van der Waals surface area (Å²) in [5.41, 5.74) is 0. The van der Waals surface area contributed by atoms with Gasteiger partial charge in [0.15, 0.2) is 0 Å². The van der Waals surface area contributed by atoms with Gasteiger partial charge in [0, 0.05) is 0 Å². The summed E-state index contributed by atoms with van der Waals surface area (Å²) in [6.07, 6.45) is 0.772. The van der Waals surface area contributed by atoms with Gasteiger partial charge >= 0.3 is 0 Å². The summed E-state index contributed by atoms with van der Waals surface area (Å²) in [6.45, 7) is 3.76. The highest BCUT2D eigenvalue weighted by Crippen LogP contribution is 1.84. The van der Waals surface area contributed by atoms with Gasteiger partial charge in [0.2, 0.25) is 0 Å². The summed E-state index contributed by atoms with van der Waals surface area (Å²) < 4.78 is 0. The molecule has 0 radical (unpaired) electrons. The summed E-state index contributed by atoms with van der Waals surface area (Å²) in [5.74, 6) is 0. The molecule has 56 valence electrons. The predicted molar refractivity (Wildman–Crippen MR) is 38.0 cm³/mol. The van der Waals surface area contributed by atoms with Crippen LogP contribution in [0.1, 0.15) is 20.3 Å². The average Bonchev–Trinajstić information content (AvgIpc) is 1.82. The Labute approximate surface area is 56.5 Å². The van der Waals surface area contributed by atoms with E-state index < -0.39 is 6.23 Å². The molecule has 0 amide bonds. The first-order valence-corrected chi connectivity index (χ1v) is 3.32. The van der Waals surface area contributed by atoms with Gasteiger partial charge in [-0.3, -0.25) is 5.32 Å². The minimum Gasteiger partial charge on any atom is -0.379 e. The Bertz CT molecular complexity index is 62.1. The lowest BCUT2D eigenvalue weighted by Crippen LogP contribution is -2.44. The predicted octanol–water partition coefficient (Wildman–Crippen LogP) is -0.130. The molecule has 0 aliphatic rings. The van der Waals surface area contributed by atoms with E-state index in [1.165, 1.54) is 0 Å². The van der Waals surface area contributed by atoms with E-state index in [-0.39, 0.29) is 6.17 Å². The van der Waals surface area contributed by atoms with Gasteiger partial charge in [-0.25, -0.2) is 0 Å². The van der Waals surface area contributed by atoms with E-state index in [9.17, 15) is 0 Å². The number of hydrogen-bond acceptors (Lipinski definition) is 3. The SMILES string of the molecule is CCC(NC)NC(C)O. The van der Waals surface area contributed by atoms with E-state index >= 15 is 0 Å². The summed E-state index contributed by atoms with van der Waals surface area (Å²) in [7, 11) is 1.86. The molecular formula is C6H16N2O. The quantitative estimate of drug-likeness (QED) is 0.467. The van der Waals surface area contributed by atoms with Crippen molar-refractivity contribution >= 4 is 0 Å². The average molecular weight is 132 g/mol. The van der Waals surface area contributed by atoms with Crippen molar-refractivity contribution in [1.29, 1.82) is 0 Å². The molecule has 0 aliphatic heterocycles. The monoisotopic (exact) mass is 132 g/mol. The molecule has 2 atom stereocenters. The smallest absolute Gasteiger partial charge is 0.103 e. The molecule has 3 heteroatoms.